The van der Waals surface area contributed by atoms with Gasteiger partial charge in [0.15, 0.2) is 49.6 Å². The molecule has 3 aliphatic heterocycles. The SMILES string of the molecule is CC(C)(C)[Si](C)(C)O[C@@H]1C2OP(=O)(O)OC[C@H]3O[C@@H](n4cnc5c(N)ncnc54)C(F)[C@H]3OP(=O)(O)OC[C@H]1O[C@H]2n1cnc2c(=O)[nH]c(N)nc21. The molecule has 0 saturated carbocycles. The monoisotopic (exact) mass is 790 g/mol. The lowest BCUT2D eigenvalue weighted by molar-refractivity contribution is -0.0670. The van der Waals surface area contributed by atoms with Gasteiger partial charge < -0.3 is 35.2 Å². The second-order valence-corrected chi connectivity index (χ2v) is 21.5. The van der Waals surface area contributed by atoms with Gasteiger partial charge in [-0.2, -0.15) is 4.98 Å². The molecule has 7 rings (SSSR count). The maximum Gasteiger partial charge on any atom is 0.472 e. The van der Waals surface area contributed by atoms with Crippen molar-refractivity contribution in [2.45, 2.75) is 88.1 Å². The molecule has 7 heterocycles. The average molecular weight is 791 g/mol. The van der Waals surface area contributed by atoms with Crippen molar-refractivity contribution < 1.29 is 55.3 Å². The summed E-state index contributed by atoms with van der Waals surface area (Å²) in [4.78, 5) is 57.3. The fourth-order valence-corrected chi connectivity index (χ4v) is 9.11. The van der Waals surface area contributed by atoms with Gasteiger partial charge in [-0.05, 0) is 18.1 Å². The summed E-state index contributed by atoms with van der Waals surface area (Å²) in [5.41, 5.74) is 11.0. The van der Waals surface area contributed by atoms with E-state index in [0.29, 0.717) is 0 Å². The highest BCUT2D eigenvalue weighted by Crippen LogP contribution is 2.55. The van der Waals surface area contributed by atoms with E-state index >= 15 is 4.39 Å². The summed E-state index contributed by atoms with van der Waals surface area (Å²) in [6.45, 7) is 8.04. The van der Waals surface area contributed by atoms with Crippen molar-refractivity contribution in [1.29, 1.82) is 0 Å². The van der Waals surface area contributed by atoms with Crippen molar-refractivity contribution in [2.24, 2.45) is 0 Å². The maximum atomic E-state index is 16.2. The number of aromatic amines is 1. The molecule has 22 nitrogen and oxygen atoms in total. The first-order chi connectivity index (χ1) is 24.3. The summed E-state index contributed by atoms with van der Waals surface area (Å²) in [7, 11) is -13.1. The zero-order chi connectivity index (χ0) is 37.5. The number of aromatic nitrogens is 8. The van der Waals surface area contributed by atoms with Gasteiger partial charge in [-0.25, -0.2) is 33.5 Å². The van der Waals surface area contributed by atoms with Crippen LogP contribution >= 0.6 is 15.6 Å². The molecule has 7 N–H and O–H groups in total. The van der Waals surface area contributed by atoms with Crippen LogP contribution in [0.2, 0.25) is 18.1 Å². The Hall–Kier alpha value is -3.25. The number of imidazole rings is 2. The molecule has 52 heavy (non-hydrogen) atoms. The minimum absolute atomic E-state index is 0.00616. The fourth-order valence-electron chi connectivity index (χ4n) is 5.91. The number of rotatable bonds is 4. The minimum Gasteiger partial charge on any atom is -0.408 e. The summed E-state index contributed by atoms with van der Waals surface area (Å²) < 4.78 is 86.5. The molecule has 10 atom stereocenters. The van der Waals surface area contributed by atoms with Gasteiger partial charge in [0.05, 0.1) is 25.9 Å². The molecule has 0 spiro atoms. The number of alkyl halides is 1. The second-order valence-electron chi connectivity index (χ2n) is 13.9. The second kappa shape index (κ2) is 13.0. The van der Waals surface area contributed by atoms with E-state index in [2.05, 4.69) is 29.9 Å². The number of phosphoric ester groups is 2. The summed E-state index contributed by atoms with van der Waals surface area (Å²) in [5.74, 6) is -0.248. The standard InChI is InChI=1S/C26H37FN10O12P2Si/c1-26(2,3)52(4,5)49-17-12-7-44-50(39,40)47-16-11(45-23(13(16)27)36-9-32-14-19(28)30-8-31-20(14)36)6-43-51(41,42)48-18(17)24(46-12)37-10-33-15-21(37)34-25(29)35-22(15)38/h8-13,16-18,23-24H,6-7H2,1-5H3,(H,39,40)(H,41,42)(H2,28,30,31)(H3,29,34,35,38)/t11-,12-,13?,16+,17+,18?,23-,24-/m1/s1. The molecule has 0 radical (unpaired) electrons. The highest BCUT2D eigenvalue weighted by molar-refractivity contribution is 7.47. The van der Waals surface area contributed by atoms with Gasteiger partial charge in [-0.1, -0.05) is 20.8 Å². The Labute approximate surface area is 294 Å². The van der Waals surface area contributed by atoms with Crippen molar-refractivity contribution in [3.05, 3.63) is 29.3 Å². The van der Waals surface area contributed by atoms with Crippen LogP contribution in [0.5, 0.6) is 0 Å². The number of nitrogens with zero attached hydrogens (tertiary/aromatic N) is 7. The van der Waals surface area contributed by atoms with Crippen molar-refractivity contribution in [1.82, 2.24) is 39.0 Å². The molecule has 4 unspecified atom stereocenters. The van der Waals surface area contributed by atoms with Crippen LogP contribution in [0.25, 0.3) is 22.3 Å². The van der Waals surface area contributed by atoms with Crippen molar-refractivity contribution in [3.8, 4) is 0 Å². The molecule has 3 aliphatic rings. The van der Waals surface area contributed by atoms with Crippen LogP contribution in [-0.2, 0) is 41.1 Å². The normalized spacial score (nSPS) is 34.9. The lowest BCUT2D eigenvalue weighted by Gasteiger charge is -2.40. The van der Waals surface area contributed by atoms with Crippen LogP contribution in [0.4, 0.5) is 16.2 Å². The topological polar surface area (TPSA) is 298 Å². The van der Waals surface area contributed by atoms with Crippen molar-refractivity contribution >= 4 is 58.1 Å². The number of halogens is 1. The fraction of sp³-hybridized carbons (Fsp3) is 0.615. The Balaban J connectivity index is 1.27. The largest absolute Gasteiger partial charge is 0.472 e. The number of hydrogen-bond donors (Lipinski definition) is 5. The van der Waals surface area contributed by atoms with Gasteiger partial charge >= 0.3 is 15.6 Å². The minimum atomic E-state index is -5.17. The van der Waals surface area contributed by atoms with E-state index in [1.807, 2.05) is 33.9 Å². The van der Waals surface area contributed by atoms with E-state index in [0.717, 1.165) is 6.33 Å². The quantitative estimate of drug-likeness (QED) is 0.145. The van der Waals surface area contributed by atoms with E-state index in [1.165, 1.54) is 21.8 Å². The highest BCUT2D eigenvalue weighted by atomic mass is 31.2. The van der Waals surface area contributed by atoms with Crippen LogP contribution in [0.3, 0.4) is 0 Å². The Morgan fingerprint density at radius 3 is 2.19 bits per heavy atom. The predicted octanol–water partition coefficient (Wildman–Crippen LogP) is 1.67. The number of hydrogen-bond acceptors (Lipinski definition) is 17. The van der Waals surface area contributed by atoms with Crippen molar-refractivity contribution in [3.63, 3.8) is 0 Å². The zero-order valence-electron chi connectivity index (χ0n) is 28.3. The molecule has 3 fully saturated rings. The Morgan fingerprint density at radius 2 is 1.52 bits per heavy atom. The number of nitrogens with one attached hydrogen (secondary N) is 1. The average Bonchev–Trinajstić information content (AvgIpc) is 3.80. The van der Waals surface area contributed by atoms with Crippen LogP contribution in [0, 0.1) is 0 Å². The third-order valence-corrected chi connectivity index (χ3v) is 15.9. The smallest absolute Gasteiger partial charge is 0.408 e. The third-order valence-electron chi connectivity index (χ3n) is 9.49. The van der Waals surface area contributed by atoms with Gasteiger partial charge in [-0.3, -0.25) is 37.0 Å². The third kappa shape index (κ3) is 6.71. The first-order valence-electron chi connectivity index (χ1n) is 15.8. The highest BCUT2D eigenvalue weighted by Gasteiger charge is 2.56. The number of anilines is 2. The van der Waals surface area contributed by atoms with Crippen LogP contribution in [-0.4, -0.2) is 107 Å². The van der Waals surface area contributed by atoms with Crippen LogP contribution in [0.15, 0.2) is 23.8 Å². The molecule has 284 valence electrons. The summed E-state index contributed by atoms with van der Waals surface area (Å²) in [6.07, 6.45) is -9.23. The number of nitrogen functional groups attached to an aromatic ring is 2. The first kappa shape index (κ1) is 37.1. The van der Waals surface area contributed by atoms with E-state index in [-0.39, 0.29) is 34.1 Å². The van der Waals surface area contributed by atoms with E-state index in [1.54, 1.807) is 0 Å². The van der Waals surface area contributed by atoms with Gasteiger partial charge in [-0.15, -0.1) is 0 Å². The number of phosphoric acid groups is 2. The summed E-state index contributed by atoms with van der Waals surface area (Å²) in [5, 5.41) is -0.413. The Kier molecular flexibility index (Phi) is 9.24. The summed E-state index contributed by atoms with van der Waals surface area (Å²) in [6, 6.07) is 0. The van der Waals surface area contributed by atoms with E-state index < -0.39 is 96.9 Å². The molecule has 4 aromatic rings. The maximum absolute atomic E-state index is 16.2. The lowest BCUT2D eigenvalue weighted by atomic mass is 10.1. The molecule has 4 aromatic heterocycles. The molecule has 0 aliphatic carbocycles. The number of H-pyrrole nitrogens is 1. The summed E-state index contributed by atoms with van der Waals surface area (Å²) >= 11 is 0. The Bertz CT molecular complexity index is 2160. The predicted molar refractivity (Wildman–Crippen MR) is 178 cm³/mol. The first-order valence-corrected chi connectivity index (χ1v) is 21.7. The van der Waals surface area contributed by atoms with E-state index in [9.17, 15) is 23.7 Å². The van der Waals surface area contributed by atoms with Gasteiger partial charge in [0.25, 0.3) is 5.56 Å². The molecule has 2 bridgehead atoms. The van der Waals surface area contributed by atoms with Gasteiger partial charge in [0.2, 0.25) is 5.95 Å². The molecular formula is C26H37FN10O12P2Si. The zero-order valence-corrected chi connectivity index (χ0v) is 31.1. The number of fused-ring (bicyclic) bond motifs is 5. The van der Waals surface area contributed by atoms with E-state index in [4.69, 9.17) is 43.5 Å². The molecule has 26 heteroatoms. The van der Waals surface area contributed by atoms with Gasteiger partial charge in [0, 0.05) is 0 Å². The number of nitrogens with two attached hydrogens (primary N) is 2. The molecule has 0 aromatic carbocycles. The molecular weight excluding hydrogens is 753 g/mol. The van der Waals surface area contributed by atoms with Crippen LogP contribution < -0.4 is 17.0 Å². The Morgan fingerprint density at radius 1 is 0.923 bits per heavy atom. The number of ether oxygens (including phenoxy) is 2. The molecule has 3 saturated heterocycles. The van der Waals surface area contributed by atoms with Gasteiger partial charge in [0.1, 0.15) is 42.4 Å². The molecule has 0 amide bonds. The lowest BCUT2D eigenvalue weighted by Crippen LogP contribution is -2.50. The van der Waals surface area contributed by atoms with Crippen molar-refractivity contribution in [2.75, 3.05) is 24.7 Å². The van der Waals surface area contributed by atoms with Crippen LogP contribution in [0.1, 0.15) is 33.2 Å².